The van der Waals surface area contributed by atoms with E-state index in [9.17, 15) is 0 Å². The van der Waals surface area contributed by atoms with Crippen molar-refractivity contribution in [2.24, 2.45) is 4.99 Å². The number of nitrogens with zero attached hydrogens (tertiary/aromatic N) is 2. The van der Waals surface area contributed by atoms with Gasteiger partial charge < -0.3 is 10.6 Å². The van der Waals surface area contributed by atoms with Gasteiger partial charge in [0.1, 0.15) is 0 Å². The third kappa shape index (κ3) is 5.47. The van der Waals surface area contributed by atoms with Crippen LogP contribution in [0.5, 0.6) is 0 Å². The number of hydrogen-bond donors (Lipinski definition) is 3. The minimum atomic E-state index is 0.580. The summed E-state index contributed by atoms with van der Waals surface area (Å²) in [5, 5.41) is 14.1. The van der Waals surface area contributed by atoms with Crippen molar-refractivity contribution < 1.29 is 0 Å². The molecule has 0 atom stereocenters. The Morgan fingerprint density at radius 2 is 2.05 bits per heavy atom. The van der Waals surface area contributed by atoms with Gasteiger partial charge in [-0.3, -0.25) is 5.10 Å². The first kappa shape index (κ1) is 15.4. The minimum Gasteiger partial charge on any atom is -0.357 e. The third-order valence-electron chi connectivity index (χ3n) is 2.93. The SMILES string of the molecule is CCNC(=NCc1ccn[nH]1)NCCc1ccc(Cl)cc1. The van der Waals surface area contributed by atoms with Gasteiger partial charge >= 0.3 is 0 Å². The average Bonchev–Trinajstić information content (AvgIpc) is 3.00. The number of nitrogens with one attached hydrogen (secondary N) is 3. The van der Waals surface area contributed by atoms with Crippen LogP contribution in [0.1, 0.15) is 18.2 Å². The molecule has 1 aromatic carbocycles. The standard InChI is InChI=1S/C15H20ClN5/c1-2-17-15(19-11-14-8-10-20-21-14)18-9-7-12-3-5-13(16)6-4-12/h3-6,8,10H,2,7,9,11H2,1H3,(H,20,21)(H2,17,18,19). The number of H-pyrrole nitrogens is 1. The second kappa shape index (κ2) is 8.32. The number of hydrogen-bond acceptors (Lipinski definition) is 2. The van der Waals surface area contributed by atoms with Gasteiger partial charge in [-0.25, -0.2) is 4.99 Å². The van der Waals surface area contributed by atoms with Crippen molar-refractivity contribution in [3.05, 3.63) is 52.8 Å². The molecule has 6 heteroatoms. The van der Waals surface area contributed by atoms with Gasteiger partial charge in [0.2, 0.25) is 0 Å². The van der Waals surface area contributed by atoms with Crippen molar-refractivity contribution >= 4 is 17.6 Å². The van der Waals surface area contributed by atoms with E-state index in [-0.39, 0.29) is 0 Å². The Balaban J connectivity index is 1.82. The van der Waals surface area contributed by atoms with E-state index in [4.69, 9.17) is 11.6 Å². The van der Waals surface area contributed by atoms with Crippen LogP contribution in [0.3, 0.4) is 0 Å². The van der Waals surface area contributed by atoms with E-state index >= 15 is 0 Å². The van der Waals surface area contributed by atoms with E-state index in [2.05, 4.69) is 25.8 Å². The van der Waals surface area contributed by atoms with Crippen LogP contribution in [-0.2, 0) is 13.0 Å². The number of aromatic nitrogens is 2. The van der Waals surface area contributed by atoms with Crippen LogP contribution in [0.15, 0.2) is 41.5 Å². The van der Waals surface area contributed by atoms with Crippen LogP contribution < -0.4 is 10.6 Å². The lowest BCUT2D eigenvalue weighted by atomic mass is 10.1. The first-order chi connectivity index (χ1) is 10.3. The fraction of sp³-hybridized carbons (Fsp3) is 0.333. The highest BCUT2D eigenvalue weighted by Gasteiger charge is 1.99. The number of aliphatic imine (C=N–C) groups is 1. The molecule has 2 rings (SSSR count). The third-order valence-corrected chi connectivity index (χ3v) is 3.18. The zero-order chi connectivity index (χ0) is 14.9. The van der Waals surface area contributed by atoms with Gasteiger partial charge in [-0.15, -0.1) is 0 Å². The number of aromatic amines is 1. The summed E-state index contributed by atoms with van der Waals surface area (Å²) in [5.41, 5.74) is 2.24. The summed E-state index contributed by atoms with van der Waals surface area (Å²) in [7, 11) is 0. The van der Waals surface area contributed by atoms with Gasteiger partial charge in [0.25, 0.3) is 0 Å². The summed E-state index contributed by atoms with van der Waals surface area (Å²) in [6.45, 7) is 4.27. The normalized spacial score (nSPS) is 11.4. The zero-order valence-electron chi connectivity index (χ0n) is 12.1. The quantitative estimate of drug-likeness (QED) is 0.567. The molecule has 0 amide bonds. The largest absolute Gasteiger partial charge is 0.357 e. The van der Waals surface area contributed by atoms with E-state index in [1.807, 2.05) is 37.3 Å². The van der Waals surface area contributed by atoms with Gasteiger partial charge in [0, 0.05) is 24.3 Å². The Labute approximate surface area is 129 Å². The molecule has 0 bridgehead atoms. The minimum absolute atomic E-state index is 0.580. The van der Waals surface area contributed by atoms with Gasteiger partial charge in [-0.1, -0.05) is 23.7 Å². The highest BCUT2D eigenvalue weighted by molar-refractivity contribution is 6.30. The van der Waals surface area contributed by atoms with E-state index in [1.54, 1.807) is 6.20 Å². The van der Waals surface area contributed by atoms with Crippen LogP contribution in [0.2, 0.25) is 5.02 Å². The molecular formula is C15H20ClN5. The van der Waals surface area contributed by atoms with Crippen molar-refractivity contribution in [3.8, 4) is 0 Å². The molecular weight excluding hydrogens is 286 g/mol. The lowest BCUT2D eigenvalue weighted by Crippen LogP contribution is -2.38. The summed E-state index contributed by atoms with van der Waals surface area (Å²) in [4.78, 5) is 4.50. The molecule has 0 unspecified atom stereocenters. The molecule has 0 aliphatic heterocycles. The van der Waals surface area contributed by atoms with Gasteiger partial charge in [0.05, 0.1) is 12.2 Å². The Hall–Kier alpha value is -2.01. The molecule has 0 saturated carbocycles. The van der Waals surface area contributed by atoms with Crippen molar-refractivity contribution in [2.75, 3.05) is 13.1 Å². The van der Waals surface area contributed by atoms with Gasteiger partial charge in [-0.05, 0) is 37.1 Å². The molecule has 2 aromatic rings. The van der Waals surface area contributed by atoms with Gasteiger partial charge in [-0.2, -0.15) is 5.10 Å². The van der Waals surface area contributed by atoms with Crippen LogP contribution in [0.25, 0.3) is 0 Å². The van der Waals surface area contributed by atoms with Crippen molar-refractivity contribution in [3.63, 3.8) is 0 Å². The van der Waals surface area contributed by atoms with E-state index < -0.39 is 0 Å². The smallest absolute Gasteiger partial charge is 0.191 e. The monoisotopic (exact) mass is 305 g/mol. The molecule has 0 spiro atoms. The molecule has 0 aliphatic carbocycles. The van der Waals surface area contributed by atoms with Crippen LogP contribution in [0.4, 0.5) is 0 Å². The first-order valence-corrected chi connectivity index (χ1v) is 7.40. The molecule has 0 radical (unpaired) electrons. The molecule has 21 heavy (non-hydrogen) atoms. The van der Waals surface area contributed by atoms with Crippen LogP contribution >= 0.6 is 11.6 Å². The molecule has 0 fully saturated rings. The fourth-order valence-electron chi connectivity index (χ4n) is 1.86. The maximum Gasteiger partial charge on any atom is 0.191 e. The predicted molar refractivity (Wildman–Crippen MR) is 86.6 cm³/mol. The predicted octanol–water partition coefficient (Wildman–Crippen LogP) is 2.36. The highest BCUT2D eigenvalue weighted by Crippen LogP contribution is 2.09. The van der Waals surface area contributed by atoms with Crippen molar-refractivity contribution in [1.29, 1.82) is 0 Å². The van der Waals surface area contributed by atoms with E-state index in [0.29, 0.717) is 6.54 Å². The van der Waals surface area contributed by atoms with Crippen LogP contribution in [-0.4, -0.2) is 29.2 Å². The number of rotatable bonds is 6. The topological polar surface area (TPSA) is 65.1 Å². The Morgan fingerprint density at radius 1 is 1.24 bits per heavy atom. The lowest BCUT2D eigenvalue weighted by molar-refractivity contribution is 0.795. The summed E-state index contributed by atoms with van der Waals surface area (Å²) >= 11 is 5.87. The van der Waals surface area contributed by atoms with E-state index in [1.165, 1.54) is 5.56 Å². The Kier molecular flexibility index (Phi) is 6.09. The molecule has 0 aliphatic rings. The molecule has 3 N–H and O–H groups in total. The maximum absolute atomic E-state index is 5.87. The highest BCUT2D eigenvalue weighted by atomic mass is 35.5. The van der Waals surface area contributed by atoms with E-state index in [0.717, 1.165) is 36.2 Å². The maximum atomic E-state index is 5.87. The Bertz CT molecular complexity index is 548. The Morgan fingerprint density at radius 3 is 2.71 bits per heavy atom. The number of guanidine groups is 1. The second-order valence-electron chi connectivity index (χ2n) is 4.58. The average molecular weight is 306 g/mol. The molecule has 1 aromatic heterocycles. The number of benzene rings is 1. The van der Waals surface area contributed by atoms with Crippen molar-refractivity contribution in [1.82, 2.24) is 20.8 Å². The van der Waals surface area contributed by atoms with Crippen molar-refractivity contribution in [2.45, 2.75) is 19.9 Å². The summed E-state index contributed by atoms with van der Waals surface area (Å²) < 4.78 is 0. The molecule has 1 heterocycles. The van der Waals surface area contributed by atoms with Crippen LogP contribution in [0, 0.1) is 0 Å². The lowest BCUT2D eigenvalue weighted by Gasteiger charge is -2.11. The first-order valence-electron chi connectivity index (χ1n) is 7.03. The summed E-state index contributed by atoms with van der Waals surface area (Å²) in [5.74, 6) is 0.807. The van der Waals surface area contributed by atoms with Gasteiger partial charge in [0.15, 0.2) is 5.96 Å². The number of halogens is 1. The molecule has 5 nitrogen and oxygen atoms in total. The second-order valence-corrected chi connectivity index (χ2v) is 5.02. The molecule has 112 valence electrons. The summed E-state index contributed by atoms with van der Waals surface area (Å²) in [6.07, 6.45) is 2.65. The summed E-state index contributed by atoms with van der Waals surface area (Å²) in [6, 6.07) is 9.82. The fourth-order valence-corrected chi connectivity index (χ4v) is 1.98. The zero-order valence-corrected chi connectivity index (χ0v) is 12.8. The molecule has 0 saturated heterocycles.